The number of rotatable bonds is 2. The number of aromatic carboxylic acids is 1. The van der Waals surface area contributed by atoms with Crippen molar-refractivity contribution in [2.45, 2.75) is 5.37 Å². The van der Waals surface area contributed by atoms with Gasteiger partial charge in [0.15, 0.2) is 5.69 Å². The second-order valence-electron chi connectivity index (χ2n) is 2.57. The molecule has 0 aromatic carbocycles. The monoisotopic (exact) mass is 200 g/mol. The molecule has 0 amide bonds. The van der Waals surface area contributed by atoms with Crippen molar-refractivity contribution >= 4 is 17.7 Å². The minimum atomic E-state index is -1.04. The highest BCUT2D eigenvalue weighted by molar-refractivity contribution is 7.99. The lowest BCUT2D eigenvalue weighted by Gasteiger charge is -2.04. The average molecular weight is 200 g/mol. The summed E-state index contributed by atoms with van der Waals surface area (Å²) in [6.45, 7) is 0.876. The highest BCUT2D eigenvalue weighted by Crippen LogP contribution is 2.29. The Balaban J connectivity index is 2.28. The molecule has 1 fully saturated rings. The lowest BCUT2D eigenvalue weighted by atomic mass is 10.3. The molecule has 0 bridgehead atoms. The van der Waals surface area contributed by atoms with Crippen LogP contribution in [0.5, 0.6) is 0 Å². The van der Waals surface area contributed by atoms with Crippen molar-refractivity contribution < 1.29 is 9.90 Å². The van der Waals surface area contributed by atoms with E-state index in [1.54, 1.807) is 11.8 Å². The molecule has 2 heterocycles. The maximum Gasteiger partial charge on any atom is 0.358 e. The van der Waals surface area contributed by atoms with Crippen LogP contribution in [0.15, 0.2) is 0 Å². The maximum atomic E-state index is 10.7. The van der Waals surface area contributed by atoms with Crippen LogP contribution in [0.25, 0.3) is 0 Å². The summed E-state index contributed by atoms with van der Waals surface area (Å²) in [6.07, 6.45) is 0. The van der Waals surface area contributed by atoms with Crippen LogP contribution in [0.3, 0.4) is 0 Å². The first-order valence-electron chi connectivity index (χ1n) is 3.78. The zero-order chi connectivity index (χ0) is 9.26. The molecule has 3 N–H and O–H groups in total. The molecule has 1 saturated heterocycles. The van der Waals surface area contributed by atoms with Gasteiger partial charge in [-0.1, -0.05) is 0 Å². The van der Waals surface area contributed by atoms with E-state index in [9.17, 15) is 4.79 Å². The van der Waals surface area contributed by atoms with Crippen LogP contribution in [0.4, 0.5) is 0 Å². The van der Waals surface area contributed by atoms with Gasteiger partial charge >= 0.3 is 5.97 Å². The Hall–Kier alpha value is -1.08. The van der Waals surface area contributed by atoms with E-state index < -0.39 is 5.97 Å². The van der Waals surface area contributed by atoms with Crippen LogP contribution < -0.4 is 5.32 Å². The largest absolute Gasteiger partial charge is 0.476 e. The van der Waals surface area contributed by atoms with Gasteiger partial charge in [0.25, 0.3) is 0 Å². The summed E-state index contributed by atoms with van der Waals surface area (Å²) in [5.74, 6) is -0.0746. The fourth-order valence-corrected chi connectivity index (χ4v) is 2.21. The number of carboxylic acids is 1. The molecular weight excluding hydrogens is 192 g/mol. The molecule has 1 aromatic heterocycles. The number of aromatic amines is 1. The topological polar surface area (TPSA) is 90.9 Å². The number of nitrogens with one attached hydrogen (secondary N) is 2. The van der Waals surface area contributed by atoms with E-state index in [1.807, 2.05) is 0 Å². The van der Waals surface area contributed by atoms with E-state index in [0.29, 0.717) is 5.69 Å². The zero-order valence-corrected chi connectivity index (χ0v) is 7.47. The Morgan fingerprint density at radius 1 is 1.62 bits per heavy atom. The van der Waals surface area contributed by atoms with Crippen molar-refractivity contribution in [2.75, 3.05) is 12.3 Å². The SMILES string of the molecule is O=C(O)c1n[nH]nc1C1NCCS1. The summed E-state index contributed by atoms with van der Waals surface area (Å²) in [7, 11) is 0. The highest BCUT2D eigenvalue weighted by Gasteiger charge is 2.26. The number of nitrogens with zero attached hydrogens (tertiary/aromatic N) is 2. The van der Waals surface area contributed by atoms with E-state index in [-0.39, 0.29) is 11.1 Å². The molecule has 1 aliphatic rings. The van der Waals surface area contributed by atoms with Crippen molar-refractivity contribution in [3.8, 4) is 0 Å². The Morgan fingerprint density at radius 3 is 3.08 bits per heavy atom. The first-order chi connectivity index (χ1) is 6.29. The molecule has 1 unspecified atom stereocenters. The van der Waals surface area contributed by atoms with Gasteiger partial charge in [-0.25, -0.2) is 4.79 Å². The Kier molecular flexibility index (Phi) is 2.19. The maximum absolute atomic E-state index is 10.7. The van der Waals surface area contributed by atoms with Crippen LogP contribution in [-0.2, 0) is 0 Å². The van der Waals surface area contributed by atoms with Crippen molar-refractivity contribution in [1.29, 1.82) is 0 Å². The summed E-state index contributed by atoms with van der Waals surface area (Å²) in [4.78, 5) is 10.7. The molecule has 0 spiro atoms. The van der Waals surface area contributed by atoms with E-state index in [0.717, 1.165) is 12.3 Å². The van der Waals surface area contributed by atoms with Crippen molar-refractivity contribution in [3.63, 3.8) is 0 Å². The molecule has 1 aliphatic heterocycles. The van der Waals surface area contributed by atoms with Crippen LogP contribution in [0, 0.1) is 0 Å². The molecule has 2 rings (SSSR count). The zero-order valence-electron chi connectivity index (χ0n) is 6.65. The number of hydrogen-bond acceptors (Lipinski definition) is 5. The normalized spacial score (nSPS) is 22.0. The quantitative estimate of drug-likeness (QED) is 0.614. The smallest absolute Gasteiger partial charge is 0.358 e. The van der Waals surface area contributed by atoms with E-state index in [4.69, 9.17) is 5.11 Å². The lowest BCUT2D eigenvalue weighted by molar-refractivity contribution is 0.0689. The third kappa shape index (κ3) is 1.52. The van der Waals surface area contributed by atoms with Gasteiger partial charge in [-0.3, -0.25) is 5.32 Å². The molecule has 0 saturated carbocycles. The minimum absolute atomic E-state index is 0.00639. The fourth-order valence-electron chi connectivity index (χ4n) is 1.18. The second-order valence-corrected chi connectivity index (χ2v) is 3.78. The first-order valence-corrected chi connectivity index (χ1v) is 4.83. The molecular formula is C6H8N4O2S. The average Bonchev–Trinajstić information content (AvgIpc) is 2.74. The van der Waals surface area contributed by atoms with Gasteiger partial charge in [0.05, 0.1) is 0 Å². The molecule has 7 heteroatoms. The number of aromatic nitrogens is 3. The van der Waals surface area contributed by atoms with Gasteiger partial charge < -0.3 is 5.11 Å². The van der Waals surface area contributed by atoms with Crippen LogP contribution in [0.2, 0.25) is 0 Å². The number of carbonyl (C=O) groups is 1. The highest BCUT2D eigenvalue weighted by atomic mass is 32.2. The summed E-state index contributed by atoms with van der Waals surface area (Å²) < 4.78 is 0. The molecule has 0 aliphatic carbocycles. The lowest BCUT2D eigenvalue weighted by Crippen LogP contribution is -2.15. The first kappa shape index (κ1) is 8.52. The van der Waals surface area contributed by atoms with Gasteiger partial charge in [-0.2, -0.15) is 10.3 Å². The van der Waals surface area contributed by atoms with Gasteiger partial charge in [0.2, 0.25) is 0 Å². The van der Waals surface area contributed by atoms with Gasteiger partial charge in [0.1, 0.15) is 11.1 Å². The molecule has 13 heavy (non-hydrogen) atoms. The Morgan fingerprint density at radius 2 is 2.46 bits per heavy atom. The van der Waals surface area contributed by atoms with Crippen molar-refractivity contribution in [2.24, 2.45) is 0 Å². The summed E-state index contributed by atoms with van der Waals surface area (Å²) in [6, 6.07) is 0. The van der Waals surface area contributed by atoms with Crippen LogP contribution in [-0.4, -0.2) is 38.8 Å². The summed E-state index contributed by atoms with van der Waals surface area (Å²) >= 11 is 1.63. The molecule has 1 atom stereocenters. The molecule has 70 valence electrons. The van der Waals surface area contributed by atoms with Crippen LogP contribution >= 0.6 is 11.8 Å². The van der Waals surface area contributed by atoms with E-state index in [2.05, 4.69) is 20.7 Å². The van der Waals surface area contributed by atoms with Crippen molar-refractivity contribution in [1.82, 2.24) is 20.7 Å². The number of H-pyrrole nitrogens is 1. The predicted octanol–water partition coefficient (Wildman–Crippen LogP) is -0.162. The van der Waals surface area contributed by atoms with Crippen molar-refractivity contribution in [3.05, 3.63) is 11.4 Å². The molecule has 1 aromatic rings. The fraction of sp³-hybridized carbons (Fsp3) is 0.500. The number of thioether (sulfide) groups is 1. The minimum Gasteiger partial charge on any atom is -0.476 e. The number of carboxylic acid groups (broad SMARTS) is 1. The van der Waals surface area contributed by atoms with Gasteiger partial charge in [0, 0.05) is 12.3 Å². The third-order valence-electron chi connectivity index (χ3n) is 1.74. The second kappa shape index (κ2) is 3.35. The summed E-state index contributed by atoms with van der Waals surface area (Å²) in [5, 5.41) is 21.6. The Labute approximate surface area is 78.1 Å². The third-order valence-corrected chi connectivity index (χ3v) is 2.91. The number of hydrogen-bond donors (Lipinski definition) is 3. The molecule has 6 nitrogen and oxygen atoms in total. The predicted molar refractivity (Wildman–Crippen MR) is 46.5 cm³/mol. The van der Waals surface area contributed by atoms with Gasteiger partial charge in [-0.15, -0.1) is 16.9 Å². The summed E-state index contributed by atoms with van der Waals surface area (Å²) in [5.41, 5.74) is 0.488. The standard InChI is InChI=1S/C6H8N4O2S/c11-6(12)4-3(8-10-9-4)5-7-1-2-13-5/h5,7H,1-2H2,(H,11,12)(H,8,9,10). The van der Waals surface area contributed by atoms with E-state index in [1.165, 1.54) is 0 Å². The Bertz CT molecular complexity index is 320. The van der Waals surface area contributed by atoms with Gasteiger partial charge in [-0.05, 0) is 0 Å². The van der Waals surface area contributed by atoms with E-state index >= 15 is 0 Å². The molecule has 0 radical (unpaired) electrons. The van der Waals surface area contributed by atoms with Crippen LogP contribution in [0.1, 0.15) is 21.6 Å².